The van der Waals surface area contributed by atoms with Gasteiger partial charge in [0.1, 0.15) is 0 Å². The maximum Gasteiger partial charge on any atom is 0.222 e. The number of aliphatic hydroxyl groups is 3. The molecule has 3 unspecified atom stereocenters. The smallest absolute Gasteiger partial charge is 0.222 e. The molecule has 4 N–H and O–H groups in total. The van der Waals surface area contributed by atoms with Crippen LogP contribution >= 0.6 is 0 Å². The second kappa shape index (κ2) is 60.4. The summed E-state index contributed by atoms with van der Waals surface area (Å²) in [5.41, 5.74) is 0. The molecule has 0 rings (SSSR count). The average Bonchev–Trinajstić information content (AvgIpc) is 3.36. The zero-order chi connectivity index (χ0) is 50.7. The minimum Gasteiger partial charge on any atom is -0.394 e. The zero-order valence-electron chi connectivity index (χ0n) is 47.7. The van der Waals surface area contributed by atoms with Gasteiger partial charge in [-0.1, -0.05) is 334 Å². The third-order valence-electron chi connectivity index (χ3n) is 15.2. The standard InChI is InChI=1S/C65H127NO4/c1-3-5-7-9-11-13-15-17-19-21-23-25-27-29-30-31-32-33-35-36-38-40-42-44-46-48-50-52-54-56-58-62(68)60-65(70)66-63(61-67)64(69)59-57-55-53-51-49-47-45-43-41-39-37-34-28-26-24-22-20-18-16-14-12-10-8-6-4-2/h29-30,57,59,62-64,67-69H,3-28,31-56,58,60-61H2,1-2H3,(H,66,70)/b30-29-,59-57+. The first-order valence-electron chi connectivity index (χ1n) is 32.1. The minimum atomic E-state index is -0.929. The molecule has 0 fully saturated rings. The molecule has 0 aromatic heterocycles. The van der Waals surface area contributed by atoms with Crippen LogP contribution in [0, 0.1) is 0 Å². The van der Waals surface area contributed by atoms with E-state index in [-0.39, 0.29) is 18.9 Å². The van der Waals surface area contributed by atoms with Crippen molar-refractivity contribution in [1.29, 1.82) is 0 Å². The van der Waals surface area contributed by atoms with Crippen molar-refractivity contribution in [2.75, 3.05) is 6.61 Å². The number of unbranched alkanes of at least 4 members (excludes halogenated alkanes) is 49. The highest BCUT2D eigenvalue weighted by Gasteiger charge is 2.20. The van der Waals surface area contributed by atoms with Crippen LogP contribution < -0.4 is 5.32 Å². The van der Waals surface area contributed by atoms with E-state index in [1.807, 2.05) is 6.08 Å². The summed E-state index contributed by atoms with van der Waals surface area (Å²) in [5, 5.41) is 33.6. The Kier molecular flexibility index (Phi) is 59.4. The van der Waals surface area contributed by atoms with Gasteiger partial charge in [0.25, 0.3) is 0 Å². The van der Waals surface area contributed by atoms with Gasteiger partial charge in [-0.05, 0) is 44.9 Å². The molecule has 416 valence electrons. The van der Waals surface area contributed by atoms with Crippen LogP contribution in [0.2, 0.25) is 0 Å². The van der Waals surface area contributed by atoms with E-state index in [1.165, 1.54) is 308 Å². The summed E-state index contributed by atoms with van der Waals surface area (Å²) in [5.74, 6) is -0.309. The predicted octanol–water partition coefficient (Wildman–Crippen LogP) is 20.4. The number of amides is 1. The number of carbonyl (C=O) groups excluding carboxylic acids is 1. The molecule has 0 bridgehead atoms. The molecule has 0 saturated carbocycles. The molecule has 70 heavy (non-hydrogen) atoms. The fraction of sp³-hybridized carbons (Fsp3) is 0.923. The second-order valence-corrected chi connectivity index (χ2v) is 22.4. The van der Waals surface area contributed by atoms with Gasteiger partial charge >= 0.3 is 0 Å². The first kappa shape index (κ1) is 68.8. The largest absolute Gasteiger partial charge is 0.394 e. The van der Waals surface area contributed by atoms with Crippen LogP contribution in [-0.4, -0.2) is 46.1 Å². The summed E-state index contributed by atoms with van der Waals surface area (Å²) in [6.07, 6.45) is 78.3. The maximum atomic E-state index is 12.6. The number of carbonyl (C=O) groups is 1. The highest BCUT2D eigenvalue weighted by Crippen LogP contribution is 2.19. The highest BCUT2D eigenvalue weighted by atomic mass is 16.3. The van der Waals surface area contributed by atoms with E-state index in [1.54, 1.807) is 6.08 Å². The normalized spacial score (nSPS) is 13.3. The van der Waals surface area contributed by atoms with Crippen LogP contribution in [0.1, 0.15) is 361 Å². The third kappa shape index (κ3) is 56.1. The van der Waals surface area contributed by atoms with E-state index >= 15 is 0 Å². The molecule has 5 heteroatoms. The van der Waals surface area contributed by atoms with E-state index in [2.05, 4.69) is 31.3 Å². The summed E-state index contributed by atoms with van der Waals surface area (Å²) < 4.78 is 0. The van der Waals surface area contributed by atoms with E-state index in [0.29, 0.717) is 6.42 Å². The molecule has 0 aromatic carbocycles. The van der Waals surface area contributed by atoms with Gasteiger partial charge in [-0.25, -0.2) is 0 Å². The van der Waals surface area contributed by atoms with E-state index in [0.717, 1.165) is 25.7 Å². The molecule has 0 aromatic rings. The number of aliphatic hydroxyl groups excluding tert-OH is 3. The van der Waals surface area contributed by atoms with Crippen molar-refractivity contribution in [2.24, 2.45) is 0 Å². The first-order chi connectivity index (χ1) is 34.5. The molecule has 0 spiro atoms. The van der Waals surface area contributed by atoms with Gasteiger partial charge in [0.2, 0.25) is 5.91 Å². The average molecular weight is 987 g/mol. The van der Waals surface area contributed by atoms with Gasteiger partial charge < -0.3 is 20.6 Å². The topological polar surface area (TPSA) is 89.8 Å². The molecule has 5 nitrogen and oxygen atoms in total. The Balaban J connectivity index is 3.51. The Morgan fingerprint density at radius 1 is 0.357 bits per heavy atom. The minimum absolute atomic E-state index is 0.0172. The van der Waals surface area contributed by atoms with E-state index in [4.69, 9.17) is 0 Å². The van der Waals surface area contributed by atoms with E-state index in [9.17, 15) is 20.1 Å². The Bertz CT molecular complexity index is 1040. The van der Waals surface area contributed by atoms with Crippen molar-refractivity contribution >= 4 is 5.91 Å². The molecule has 0 heterocycles. The lowest BCUT2D eigenvalue weighted by molar-refractivity contribution is -0.124. The van der Waals surface area contributed by atoms with Gasteiger partial charge in [-0.3, -0.25) is 4.79 Å². The van der Waals surface area contributed by atoms with Crippen molar-refractivity contribution in [3.8, 4) is 0 Å². The molecule has 0 saturated heterocycles. The monoisotopic (exact) mass is 986 g/mol. The van der Waals surface area contributed by atoms with Crippen LogP contribution in [0.15, 0.2) is 24.3 Å². The Morgan fingerprint density at radius 3 is 0.871 bits per heavy atom. The summed E-state index contributed by atoms with van der Waals surface area (Å²) >= 11 is 0. The van der Waals surface area contributed by atoms with Crippen LogP contribution in [0.5, 0.6) is 0 Å². The quantitative estimate of drug-likeness (QED) is 0.0361. The lowest BCUT2D eigenvalue weighted by Crippen LogP contribution is -2.45. The summed E-state index contributed by atoms with van der Waals surface area (Å²) in [4.78, 5) is 12.6. The van der Waals surface area contributed by atoms with Gasteiger partial charge in [0, 0.05) is 0 Å². The molecule has 0 aliphatic heterocycles. The Labute approximate surface area is 439 Å². The molecule has 0 aliphatic rings. The number of allylic oxidation sites excluding steroid dienone is 3. The van der Waals surface area contributed by atoms with Crippen molar-refractivity contribution in [3.63, 3.8) is 0 Å². The molecular weight excluding hydrogens is 859 g/mol. The SMILES string of the molecule is CCCCCCCCCCCCCC/C=C\CCCCCCCCCCCCCCCCC(O)CC(=O)NC(CO)C(O)/C=C/CCCCCCCCCCCCCCCCCCCCCCCCC. The van der Waals surface area contributed by atoms with Gasteiger partial charge in [-0.2, -0.15) is 0 Å². The van der Waals surface area contributed by atoms with Crippen molar-refractivity contribution in [1.82, 2.24) is 5.32 Å². The highest BCUT2D eigenvalue weighted by molar-refractivity contribution is 5.76. The number of rotatable bonds is 60. The predicted molar refractivity (Wildman–Crippen MR) is 310 cm³/mol. The van der Waals surface area contributed by atoms with Crippen molar-refractivity contribution in [3.05, 3.63) is 24.3 Å². The van der Waals surface area contributed by atoms with Gasteiger partial charge in [0.05, 0.1) is 31.3 Å². The van der Waals surface area contributed by atoms with Gasteiger partial charge in [0.15, 0.2) is 0 Å². The number of nitrogens with one attached hydrogen (secondary N) is 1. The summed E-state index contributed by atoms with van der Waals surface area (Å²) in [6, 6.07) is -0.744. The Hall–Kier alpha value is -1.17. The fourth-order valence-electron chi connectivity index (χ4n) is 10.3. The zero-order valence-corrected chi connectivity index (χ0v) is 47.7. The fourth-order valence-corrected chi connectivity index (χ4v) is 10.3. The number of hydrogen-bond acceptors (Lipinski definition) is 4. The van der Waals surface area contributed by atoms with Crippen LogP contribution in [0.4, 0.5) is 0 Å². The van der Waals surface area contributed by atoms with Crippen LogP contribution in [0.3, 0.4) is 0 Å². The first-order valence-corrected chi connectivity index (χ1v) is 32.1. The molecule has 0 radical (unpaired) electrons. The second-order valence-electron chi connectivity index (χ2n) is 22.4. The van der Waals surface area contributed by atoms with E-state index < -0.39 is 18.2 Å². The summed E-state index contributed by atoms with van der Waals surface area (Å²) in [7, 11) is 0. The lowest BCUT2D eigenvalue weighted by atomic mass is 10.0. The molecule has 1 amide bonds. The van der Waals surface area contributed by atoms with Crippen molar-refractivity contribution in [2.45, 2.75) is 379 Å². The summed E-state index contributed by atoms with van der Waals surface area (Å²) in [6.45, 7) is 4.26. The van der Waals surface area contributed by atoms with Gasteiger partial charge in [-0.15, -0.1) is 0 Å². The molecular formula is C65H127NO4. The Morgan fingerprint density at radius 2 is 0.600 bits per heavy atom. The maximum absolute atomic E-state index is 12.6. The van der Waals surface area contributed by atoms with Crippen LogP contribution in [0.25, 0.3) is 0 Å². The van der Waals surface area contributed by atoms with Crippen LogP contribution in [-0.2, 0) is 4.79 Å². The molecule has 0 aliphatic carbocycles. The third-order valence-corrected chi connectivity index (χ3v) is 15.2. The van der Waals surface area contributed by atoms with Crippen molar-refractivity contribution < 1.29 is 20.1 Å². The molecule has 3 atom stereocenters. The lowest BCUT2D eigenvalue weighted by Gasteiger charge is -2.21. The number of hydrogen-bond donors (Lipinski definition) is 4.